The average molecular weight is 190 g/mol. The average Bonchev–Trinajstić information content (AvgIpc) is 2.21. The quantitative estimate of drug-likeness (QED) is 0.764. The summed E-state index contributed by atoms with van der Waals surface area (Å²) < 4.78 is 0. The van der Waals surface area contributed by atoms with E-state index in [4.69, 9.17) is 5.11 Å². The van der Waals surface area contributed by atoms with Gasteiger partial charge in [-0.25, -0.2) is 0 Å². The predicted molar refractivity (Wildman–Crippen MR) is 61.2 cm³/mol. The van der Waals surface area contributed by atoms with Gasteiger partial charge in [0.25, 0.3) is 0 Å². The van der Waals surface area contributed by atoms with E-state index in [1.54, 1.807) is 12.1 Å². The van der Waals surface area contributed by atoms with Gasteiger partial charge in [-0.3, -0.25) is 0 Å². The van der Waals surface area contributed by atoms with Crippen LogP contribution in [0.25, 0.3) is 6.08 Å². The highest BCUT2D eigenvalue weighted by Crippen LogP contribution is 2.13. The number of rotatable bonds is 4. The second kappa shape index (κ2) is 5.48. The molecule has 0 aromatic heterocycles. The van der Waals surface area contributed by atoms with Crippen LogP contribution in [0.3, 0.4) is 0 Å². The lowest BCUT2D eigenvalue weighted by atomic mass is 10.0. The minimum atomic E-state index is 0.323. The standard InChI is InChI=1S/C13H18O/c1-3-11(2)5-4-6-12-7-9-13(14)10-8-12/h4,6-11,14H,3,5H2,1-2H3. The van der Waals surface area contributed by atoms with E-state index in [0.717, 1.165) is 17.9 Å². The summed E-state index contributed by atoms with van der Waals surface area (Å²) in [4.78, 5) is 0. The van der Waals surface area contributed by atoms with E-state index in [1.807, 2.05) is 12.1 Å². The third-order valence-corrected chi connectivity index (χ3v) is 2.44. The molecule has 1 atom stereocenters. The van der Waals surface area contributed by atoms with Gasteiger partial charge >= 0.3 is 0 Å². The fourth-order valence-electron chi connectivity index (χ4n) is 1.19. The van der Waals surface area contributed by atoms with Gasteiger partial charge in [0.1, 0.15) is 5.75 Å². The lowest BCUT2D eigenvalue weighted by Gasteiger charge is -2.02. The van der Waals surface area contributed by atoms with Gasteiger partial charge in [-0.2, -0.15) is 0 Å². The summed E-state index contributed by atoms with van der Waals surface area (Å²) in [7, 11) is 0. The molecule has 0 saturated carbocycles. The molecule has 1 N–H and O–H groups in total. The Bertz CT molecular complexity index is 285. The summed E-state index contributed by atoms with van der Waals surface area (Å²) >= 11 is 0. The Balaban J connectivity index is 2.48. The van der Waals surface area contributed by atoms with Gasteiger partial charge in [-0.1, -0.05) is 44.6 Å². The van der Waals surface area contributed by atoms with Crippen molar-refractivity contribution in [3.8, 4) is 5.75 Å². The lowest BCUT2D eigenvalue weighted by Crippen LogP contribution is -1.87. The second-order valence-corrected chi connectivity index (χ2v) is 3.74. The summed E-state index contributed by atoms with van der Waals surface area (Å²) in [6.07, 6.45) is 6.64. The summed E-state index contributed by atoms with van der Waals surface area (Å²) in [5.74, 6) is 1.08. The molecule has 1 rings (SSSR count). The van der Waals surface area contributed by atoms with Crippen LogP contribution in [0.4, 0.5) is 0 Å². The van der Waals surface area contributed by atoms with Crippen LogP contribution in [0.15, 0.2) is 30.3 Å². The van der Waals surface area contributed by atoms with E-state index in [1.165, 1.54) is 6.42 Å². The molecule has 0 aliphatic carbocycles. The monoisotopic (exact) mass is 190 g/mol. The molecular weight excluding hydrogens is 172 g/mol. The number of phenolic OH excluding ortho intramolecular Hbond substituents is 1. The molecule has 0 spiro atoms. The molecule has 76 valence electrons. The third-order valence-electron chi connectivity index (χ3n) is 2.44. The van der Waals surface area contributed by atoms with Gasteiger partial charge in [0, 0.05) is 0 Å². The molecule has 0 saturated heterocycles. The van der Waals surface area contributed by atoms with Crippen LogP contribution >= 0.6 is 0 Å². The normalized spacial score (nSPS) is 13.3. The predicted octanol–water partition coefficient (Wildman–Crippen LogP) is 3.84. The minimum Gasteiger partial charge on any atom is -0.508 e. The second-order valence-electron chi connectivity index (χ2n) is 3.74. The topological polar surface area (TPSA) is 20.2 Å². The van der Waals surface area contributed by atoms with E-state index in [0.29, 0.717) is 5.75 Å². The van der Waals surface area contributed by atoms with Crippen LogP contribution in [-0.4, -0.2) is 5.11 Å². The van der Waals surface area contributed by atoms with Crippen molar-refractivity contribution in [3.05, 3.63) is 35.9 Å². The lowest BCUT2D eigenvalue weighted by molar-refractivity contribution is 0.475. The van der Waals surface area contributed by atoms with E-state index in [9.17, 15) is 0 Å². The van der Waals surface area contributed by atoms with Crippen molar-refractivity contribution in [1.29, 1.82) is 0 Å². The maximum Gasteiger partial charge on any atom is 0.115 e. The summed E-state index contributed by atoms with van der Waals surface area (Å²) in [6.45, 7) is 4.46. The molecule has 0 amide bonds. The van der Waals surface area contributed by atoms with Gasteiger partial charge < -0.3 is 5.11 Å². The zero-order chi connectivity index (χ0) is 10.4. The Morgan fingerprint density at radius 3 is 2.50 bits per heavy atom. The smallest absolute Gasteiger partial charge is 0.115 e. The number of hydrogen-bond donors (Lipinski definition) is 1. The third kappa shape index (κ3) is 3.65. The van der Waals surface area contributed by atoms with Crippen molar-refractivity contribution >= 4 is 6.08 Å². The largest absolute Gasteiger partial charge is 0.508 e. The van der Waals surface area contributed by atoms with Crippen LogP contribution in [0.2, 0.25) is 0 Å². The van der Waals surface area contributed by atoms with Gasteiger partial charge in [0.05, 0.1) is 0 Å². The van der Waals surface area contributed by atoms with Crippen molar-refractivity contribution in [2.45, 2.75) is 26.7 Å². The van der Waals surface area contributed by atoms with Gasteiger partial charge in [0.2, 0.25) is 0 Å². The Morgan fingerprint density at radius 1 is 1.29 bits per heavy atom. The molecule has 0 aliphatic heterocycles. The summed E-state index contributed by atoms with van der Waals surface area (Å²) in [6, 6.07) is 7.26. The van der Waals surface area contributed by atoms with Crippen molar-refractivity contribution in [3.63, 3.8) is 0 Å². The van der Waals surface area contributed by atoms with Crippen molar-refractivity contribution < 1.29 is 5.11 Å². The molecule has 1 unspecified atom stereocenters. The maximum absolute atomic E-state index is 9.08. The number of aromatic hydroxyl groups is 1. The number of allylic oxidation sites excluding steroid dienone is 1. The van der Waals surface area contributed by atoms with Crippen LogP contribution in [-0.2, 0) is 0 Å². The fourth-order valence-corrected chi connectivity index (χ4v) is 1.19. The fraction of sp³-hybridized carbons (Fsp3) is 0.385. The molecular formula is C13H18O. The summed E-state index contributed by atoms with van der Waals surface area (Å²) in [5.41, 5.74) is 1.14. The maximum atomic E-state index is 9.08. The Morgan fingerprint density at radius 2 is 1.93 bits per heavy atom. The van der Waals surface area contributed by atoms with Crippen LogP contribution < -0.4 is 0 Å². The minimum absolute atomic E-state index is 0.323. The molecule has 0 aliphatic rings. The molecule has 1 nitrogen and oxygen atoms in total. The van der Waals surface area contributed by atoms with Crippen molar-refractivity contribution in [1.82, 2.24) is 0 Å². The SMILES string of the molecule is CCC(C)CC=Cc1ccc(O)cc1. The van der Waals surface area contributed by atoms with Gasteiger partial charge in [0.15, 0.2) is 0 Å². The first kappa shape index (κ1) is 10.8. The molecule has 0 heterocycles. The first-order valence-electron chi connectivity index (χ1n) is 5.18. The number of hydrogen-bond acceptors (Lipinski definition) is 1. The van der Waals surface area contributed by atoms with Crippen molar-refractivity contribution in [2.75, 3.05) is 0 Å². The van der Waals surface area contributed by atoms with E-state index >= 15 is 0 Å². The van der Waals surface area contributed by atoms with Gasteiger partial charge in [-0.05, 0) is 30.0 Å². The van der Waals surface area contributed by atoms with Crippen LogP contribution in [0.5, 0.6) is 5.75 Å². The van der Waals surface area contributed by atoms with Gasteiger partial charge in [-0.15, -0.1) is 0 Å². The number of benzene rings is 1. The molecule has 0 radical (unpaired) electrons. The molecule has 14 heavy (non-hydrogen) atoms. The molecule has 1 aromatic rings. The first-order valence-corrected chi connectivity index (χ1v) is 5.18. The highest BCUT2D eigenvalue weighted by atomic mass is 16.3. The Labute approximate surface area is 86.1 Å². The Kier molecular flexibility index (Phi) is 4.24. The Hall–Kier alpha value is -1.24. The zero-order valence-electron chi connectivity index (χ0n) is 8.90. The molecule has 0 bridgehead atoms. The van der Waals surface area contributed by atoms with Crippen LogP contribution in [0, 0.1) is 5.92 Å². The summed E-state index contributed by atoms with van der Waals surface area (Å²) in [5, 5.41) is 9.08. The number of phenols is 1. The van der Waals surface area contributed by atoms with Crippen molar-refractivity contribution in [2.24, 2.45) is 5.92 Å². The van der Waals surface area contributed by atoms with E-state index < -0.39 is 0 Å². The zero-order valence-corrected chi connectivity index (χ0v) is 8.90. The highest BCUT2D eigenvalue weighted by Gasteiger charge is 1.93. The molecule has 1 aromatic carbocycles. The molecule has 0 fully saturated rings. The van der Waals surface area contributed by atoms with E-state index in [-0.39, 0.29) is 0 Å². The van der Waals surface area contributed by atoms with Crippen LogP contribution in [0.1, 0.15) is 32.3 Å². The first-order chi connectivity index (χ1) is 6.72. The van der Waals surface area contributed by atoms with E-state index in [2.05, 4.69) is 26.0 Å². The molecule has 1 heteroatoms. The highest BCUT2D eigenvalue weighted by molar-refractivity contribution is 5.50.